The van der Waals surface area contributed by atoms with Crippen molar-refractivity contribution in [3.8, 4) is 67.0 Å². The van der Waals surface area contributed by atoms with E-state index in [4.69, 9.17) is 2.74 Å². The van der Waals surface area contributed by atoms with Crippen LogP contribution >= 0.6 is 0 Å². The Morgan fingerprint density at radius 2 is 0.758 bits per heavy atom. The fourth-order valence-corrected chi connectivity index (χ4v) is 8.93. The number of hydrogen-bond acceptors (Lipinski definition) is 0. The van der Waals surface area contributed by atoms with E-state index in [-0.39, 0.29) is 57.6 Å². The van der Waals surface area contributed by atoms with Crippen LogP contribution in [0, 0.1) is 0 Å². The van der Waals surface area contributed by atoms with Crippen LogP contribution in [0.5, 0.6) is 0 Å². The summed E-state index contributed by atoms with van der Waals surface area (Å²) in [5.74, 6) is 0. The molecule has 0 N–H and O–H groups in total. The molecule has 12 rings (SSSR count). The number of benzene rings is 10. The number of rotatable bonds is 7. The highest BCUT2D eigenvalue weighted by molar-refractivity contribution is 6.13. The fourth-order valence-electron chi connectivity index (χ4n) is 8.93. The van der Waals surface area contributed by atoms with Crippen LogP contribution < -0.4 is 0 Å². The molecule has 0 fully saturated rings. The highest BCUT2D eigenvalue weighted by atomic mass is 15.0. The second-order valence-corrected chi connectivity index (χ2v) is 15.6. The number of nitrogens with zero attached hydrogens (tertiary/aromatic N) is 2. The van der Waals surface area contributed by atoms with E-state index in [1.807, 2.05) is 97.1 Å². The number of hydrogen-bond donors (Lipinski definition) is 0. The van der Waals surface area contributed by atoms with Crippen molar-refractivity contribution >= 4 is 43.6 Å². The first kappa shape index (κ1) is 29.1. The van der Waals surface area contributed by atoms with Crippen LogP contribution in [-0.4, -0.2) is 9.13 Å². The molecule has 0 aliphatic rings. The van der Waals surface area contributed by atoms with Gasteiger partial charge in [-0.05, 0) is 116 Å². The summed E-state index contributed by atoms with van der Waals surface area (Å²) in [5, 5.41) is 2.21. The van der Waals surface area contributed by atoms with Gasteiger partial charge in [0.1, 0.15) is 0 Å². The lowest BCUT2D eigenvalue weighted by atomic mass is 9.99. The summed E-state index contributed by atoms with van der Waals surface area (Å²) in [7, 11) is 0. The van der Waals surface area contributed by atoms with Gasteiger partial charge in [0.25, 0.3) is 0 Å². The van der Waals surface area contributed by atoms with Gasteiger partial charge in [0.05, 0.1) is 31.7 Å². The number of fused-ring (bicyclic) bond motifs is 6. The maximum Gasteiger partial charge on any atom is 0.0645 e. The molecule has 0 spiro atoms. The van der Waals surface area contributed by atoms with Crippen LogP contribution in [0.3, 0.4) is 0 Å². The Labute approximate surface area is 370 Å². The average Bonchev–Trinajstić information content (AvgIpc) is 3.94. The summed E-state index contributed by atoms with van der Waals surface area (Å²) in [4.78, 5) is 0. The Balaban J connectivity index is 1.05. The zero-order valence-electron chi connectivity index (χ0n) is 40.4. The SMILES string of the molecule is [2H]c1c([2H])c([2H])c2c(c1[2H])c1c([2H])c(-c3ccc4c(c3)c3ccc(-c5ccccc5)cc3n4-c3cccc(-c4ccccc4)c3)c([2H])c([2H])c1n2-c1ccc(-c2ccc(-c3ccccc3)cc2)cc1. The predicted octanol–water partition coefficient (Wildman–Crippen LogP) is 16.2. The first-order chi connectivity index (χ1) is 33.7. The molecular formula is C60H40N2. The minimum atomic E-state index is -0.427. The van der Waals surface area contributed by atoms with Gasteiger partial charge in [-0.2, -0.15) is 0 Å². The second kappa shape index (κ2) is 14.8. The summed E-state index contributed by atoms with van der Waals surface area (Å²) in [6.07, 6.45) is 0. The van der Waals surface area contributed by atoms with Crippen molar-refractivity contribution in [1.29, 1.82) is 0 Å². The molecule has 0 saturated carbocycles. The first-order valence-electron chi connectivity index (χ1n) is 24.3. The molecule has 12 aromatic rings. The first-order valence-corrected chi connectivity index (χ1v) is 20.8. The van der Waals surface area contributed by atoms with Crippen molar-refractivity contribution in [3.05, 3.63) is 242 Å². The predicted molar refractivity (Wildman–Crippen MR) is 262 cm³/mol. The van der Waals surface area contributed by atoms with E-state index in [2.05, 4.69) is 108 Å². The van der Waals surface area contributed by atoms with Gasteiger partial charge in [-0.3, -0.25) is 0 Å². The largest absolute Gasteiger partial charge is 0.309 e. The molecule has 2 heterocycles. The van der Waals surface area contributed by atoms with E-state index in [9.17, 15) is 6.85 Å². The second-order valence-electron chi connectivity index (χ2n) is 15.6. The Morgan fingerprint density at radius 3 is 1.44 bits per heavy atom. The summed E-state index contributed by atoms with van der Waals surface area (Å²) < 4.78 is 69.2. The molecule has 0 atom stereocenters. The normalized spacial score (nSPS) is 13.1. The Kier molecular flexibility index (Phi) is 6.95. The maximum atomic E-state index is 9.95. The van der Waals surface area contributed by atoms with Crippen molar-refractivity contribution < 1.29 is 9.60 Å². The topological polar surface area (TPSA) is 9.86 Å². The molecule has 2 heteroatoms. The van der Waals surface area contributed by atoms with Gasteiger partial charge in [0.2, 0.25) is 0 Å². The fraction of sp³-hybridized carbons (Fsp3) is 0. The molecule has 2 nitrogen and oxygen atoms in total. The molecule has 0 aliphatic heterocycles. The van der Waals surface area contributed by atoms with Crippen LogP contribution in [0.15, 0.2) is 242 Å². The summed E-state index contributed by atoms with van der Waals surface area (Å²) in [5.41, 5.74) is 13.0. The van der Waals surface area contributed by atoms with Crippen molar-refractivity contribution in [1.82, 2.24) is 9.13 Å². The average molecular weight is 796 g/mol. The minimum absolute atomic E-state index is 0.0834. The monoisotopic (exact) mass is 795 g/mol. The van der Waals surface area contributed by atoms with Gasteiger partial charge in [-0.15, -0.1) is 0 Å². The van der Waals surface area contributed by atoms with E-state index in [1.54, 1.807) is 4.57 Å². The summed E-state index contributed by atoms with van der Waals surface area (Å²) >= 11 is 0. The van der Waals surface area contributed by atoms with Gasteiger partial charge in [0.15, 0.2) is 0 Å². The maximum absolute atomic E-state index is 9.95. The van der Waals surface area contributed by atoms with Crippen molar-refractivity contribution in [3.63, 3.8) is 0 Å². The van der Waals surface area contributed by atoms with E-state index in [0.717, 1.165) is 72.0 Å². The van der Waals surface area contributed by atoms with Crippen LogP contribution in [-0.2, 0) is 0 Å². The molecule has 0 unspecified atom stereocenters. The van der Waals surface area contributed by atoms with Gasteiger partial charge in [0, 0.05) is 32.9 Å². The zero-order valence-corrected chi connectivity index (χ0v) is 33.4. The van der Waals surface area contributed by atoms with Crippen LogP contribution in [0.25, 0.3) is 111 Å². The van der Waals surface area contributed by atoms with Crippen molar-refractivity contribution in [2.24, 2.45) is 0 Å². The number of aromatic nitrogens is 2. The third-order valence-electron chi connectivity index (χ3n) is 12.0. The van der Waals surface area contributed by atoms with Gasteiger partial charge < -0.3 is 9.13 Å². The van der Waals surface area contributed by atoms with E-state index < -0.39 is 12.1 Å². The highest BCUT2D eigenvalue weighted by Crippen LogP contribution is 2.40. The lowest BCUT2D eigenvalue weighted by Crippen LogP contribution is -1.95. The molecular weight excluding hydrogens is 749 g/mol. The lowest BCUT2D eigenvalue weighted by molar-refractivity contribution is 1.18. The summed E-state index contributed by atoms with van der Waals surface area (Å²) in [6.45, 7) is 0. The van der Waals surface area contributed by atoms with Crippen LogP contribution in [0.2, 0.25) is 0 Å². The van der Waals surface area contributed by atoms with Gasteiger partial charge in [-0.25, -0.2) is 0 Å². The Bertz CT molecular complexity index is 3990. The van der Waals surface area contributed by atoms with Gasteiger partial charge in [-0.1, -0.05) is 182 Å². The quantitative estimate of drug-likeness (QED) is 0.152. The Morgan fingerprint density at radius 1 is 0.258 bits per heavy atom. The van der Waals surface area contributed by atoms with Crippen LogP contribution in [0.4, 0.5) is 0 Å². The van der Waals surface area contributed by atoms with E-state index in [1.165, 1.54) is 0 Å². The van der Waals surface area contributed by atoms with E-state index >= 15 is 0 Å². The molecule has 0 saturated heterocycles. The Hall–Kier alpha value is -8.20. The zero-order chi connectivity index (χ0) is 47.1. The smallest absolute Gasteiger partial charge is 0.0645 e. The molecule has 62 heavy (non-hydrogen) atoms. The van der Waals surface area contributed by atoms with Crippen molar-refractivity contribution in [2.75, 3.05) is 0 Å². The molecule has 0 amide bonds. The highest BCUT2D eigenvalue weighted by Gasteiger charge is 2.17. The third kappa shape index (κ3) is 6.12. The summed E-state index contributed by atoms with van der Waals surface area (Å²) in [6, 6.07) is 65.6. The lowest BCUT2D eigenvalue weighted by Gasteiger charge is -2.12. The van der Waals surface area contributed by atoms with Gasteiger partial charge >= 0.3 is 0 Å². The molecule has 2 aromatic heterocycles. The molecule has 0 aliphatic carbocycles. The number of para-hydroxylation sites is 1. The molecule has 290 valence electrons. The molecule has 0 radical (unpaired) electrons. The minimum Gasteiger partial charge on any atom is -0.309 e. The molecule has 0 bridgehead atoms. The van der Waals surface area contributed by atoms with Crippen molar-refractivity contribution in [2.45, 2.75) is 0 Å². The van der Waals surface area contributed by atoms with E-state index in [0.29, 0.717) is 11.3 Å². The molecule has 10 aromatic carbocycles. The third-order valence-corrected chi connectivity index (χ3v) is 12.0. The van der Waals surface area contributed by atoms with Crippen LogP contribution in [0.1, 0.15) is 9.60 Å². The standard InChI is InChI=1S/C60H40N2/c1-4-13-41(14-5-1)44-23-25-45(26-24-44)46-27-32-51(33-28-46)61-57-22-11-10-21-53(57)55-38-48(30-35-58(55)61)49-31-36-59-56(39-49)54-34-29-50(43-17-8-3-9-18-43)40-60(54)62(59)52-20-12-19-47(37-52)42-15-6-2-7-16-42/h1-40H/i10D,11D,21D,22D,30D,35D,38D.